The summed E-state index contributed by atoms with van der Waals surface area (Å²) >= 11 is 0. The summed E-state index contributed by atoms with van der Waals surface area (Å²) in [5, 5.41) is 2.61. The van der Waals surface area contributed by atoms with Crippen molar-refractivity contribution in [2.24, 2.45) is 0 Å². The second-order valence-electron chi connectivity index (χ2n) is 6.30. The molecule has 0 heterocycles. The lowest BCUT2D eigenvalue weighted by molar-refractivity contribution is -0.116. The third-order valence-electron chi connectivity index (χ3n) is 3.57. The molecule has 0 atom stereocenters. The minimum absolute atomic E-state index is 0.0111. The molecule has 2 aromatic rings. The molecular weight excluding hydrogens is 371 g/mol. The highest BCUT2D eigenvalue weighted by atomic mass is 32.2. The van der Waals surface area contributed by atoms with Gasteiger partial charge in [-0.3, -0.25) is 9.10 Å². The van der Waals surface area contributed by atoms with E-state index in [2.05, 4.69) is 5.32 Å². The first-order valence-corrected chi connectivity index (χ1v) is 10.3. The lowest BCUT2D eigenvalue weighted by Gasteiger charge is -2.22. The van der Waals surface area contributed by atoms with Gasteiger partial charge >= 0.3 is 0 Å². The molecule has 0 aliphatic carbocycles. The predicted octanol–water partition coefficient (Wildman–Crippen LogP) is 3.41. The number of rotatable bonds is 8. The molecule has 0 fully saturated rings. The molecule has 0 saturated carbocycles. The molecule has 0 unspecified atom stereocenters. The van der Waals surface area contributed by atoms with E-state index in [1.165, 1.54) is 24.3 Å². The van der Waals surface area contributed by atoms with E-state index in [1.807, 2.05) is 13.8 Å². The second kappa shape index (κ2) is 8.85. The van der Waals surface area contributed by atoms with Gasteiger partial charge in [-0.1, -0.05) is 0 Å². The maximum absolute atomic E-state index is 12.9. The number of carbonyl (C=O) groups is 1. The summed E-state index contributed by atoms with van der Waals surface area (Å²) in [4.78, 5) is 12.1. The number of sulfonamides is 1. The van der Waals surface area contributed by atoms with Gasteiger partial charge in [-0.15, -0.1) is 0 Å². The summed E-state index contributed by atoms with van der Waals surface area (Å²) < 4.78 is 43.9. The van der Waals surface area contributed by atoms with Crippen LogP contribution in [0.3, 0.4) is 0 Å². The van der Waals surface area contributed by atoms with Crippen LogP contribution in [0.1, 0.15) is 20.3 Å². The number of benzene rings is 2. The lowest BCUT2D eigenvalue weighted by atomic mass is 10.2. The molecule has 146 valence electrons. The first-order valence-electron chi connectivity index (χ1n) is 8.45. The van der Waals surface area contributed by atoms with E-state index in [-0.39, 0.29) is 25.0 Å². The third kappa shape index (κ3) is 6.56. The summed E-state index contributed by atoms with van der Waals surface area (Å²) in [6.07, 6.45) is 1.05. The second-order valence-corrected chi connectivity index (χ2v) is 8.21. The molecule has 2 aromatic carbocycles. The van der Waals surface area contributed by atoms with Gasteiger partial charge in [0.25, 0.3) is 0 Å². The van der Waals surface area contributed by atoms with Gasteiger partial charge in [0.2, 0.25) is 15.9 Å². The molecule has 6 nitrogen and oxygen atoms in total. The van der Waals surface area contributed by atoms with Gasteiger partial charge in [0.15, 0.2) is 0 Å². The molecule has 27 heavy (non-hydrogen) atoms. The van der Waals surface area contributed by atoms with Crippen LogP contribution in [0.5, 0.6) is 5.75 Å². The number of hydrogen-bond acceptors (Lipinski definition) is 4. The van der Waals surface area contributed by atoms with Gasteiger partial charge in [-0.25, -0.2) is 12.8 Å². The topological polar surface area (TPSA) is 75.7 Å². The normalized spacial score (nSPS) is 11.3. The van der Waals surface area contributed by atoms with Crippen molar-refractivity contribution in [2.75, 3.05) is 22.4 Å². The van der Waals surface area contributed by atoms with Crippen molar-refractivity contribution in [3.8, 4) is 5.75 Å². The molecule has 8 heteroatoms. The highest BCUT2D eigenvalue weighted by Gasteiger charge is 2.19. The highest BCUT2D eigenvalue weighted by molar-refractivity contribution is 7.92. The number of amides is 1. The zero-order chi connectivity index (χ0) is 20.0. The van der Waals surface area contributed by atoms with Crippen molar-refractivity contribution < 1.29 is 22.3 Å². The molecule has 0 bridgehead atoms. The van der Waals surface area contributed by atoms with E-state index < -0.39 is 15.8 Å². The molecule has 0 aromatic heterocycles. The van der Waals surface area contributed by atoms with E-state index in [4.69, 9.17) is 4.74 Å². The van der Waals surface area contributed by atoms with Crippen molar-refractivity contribution >= 4 is 27.3 Å². The molecule has 0 aliphatic heterocycles. The monoisotopic (exact) mass is 394 g/mol. The van der Waals surface area contributed by atoms with Gasteiger partial charge in [0.1, 0.15) is 11.6 Å². The Labute approximate surface area is 159 Å². The fourth-order valence-corrected chi connectivity index (χ4v) is 3.34. The summed E-state index contributed by atoms with van der Waals surface area (Å²) in [6.45, 7) is 3.78. The van der Waals surface area contributed by atoms with Crippen LogP contribution >= 0.6 is 0 Å². The van der Waals surface area contributed by atoms with Crippen LogP contribution in [0, 0.1) is 5.82 Å². The Balaban J connectivity index is 2.04. The third-order valence-corrected chi connectivity index (χ3v) is 4.76. The van der Waals surface area contributed by atoms with Crippen molar-refractivity contribution in [1.82, 2.24) is 0 Å². The van der Waals surface area contributed by atoms with Crippen LogP contribution in [0.4, 0.5) is 15.8 Å². The molecule has 0 radical (unpaired) electrons. The fraction of sp³-hybridized carbons (Fsp3) is 0.316. The molecule has 0 saturated heterocycles. The Hall–Kier alpha value is -2.61. The average molecular weight is 394 g/mol. The van der Waals surface area contributed by atoms with Gasteiger partial charge in [-0.05, 0) is 62.4 Å². The van der Waals surface area contributed by atoms with Crippen LogP contribution in [0.2, 0.25) is 0 Å². The molecule has 2 rings (SSSR count). The molecule has 1 amide bonds. The Morgan fingerprint density at radius 3 is 2.22 bits per heavy atom. The van der Waals surface area contributed by atoms with Crippen LogP contribution in [0.25, 0.3) is 0 Å². The first-order chi connectivity index (χ1) is 12.6. The Morgan fingerprint density at radius 2 is 1.70 bits per heavy atom. The summed E-state index contributed by atoms with van der Waals surface area (Å²) in [5.74, 6) is -0.132. The summed E-state index contributed by atoms with van der Waals surface area (Å²) in [5.41, 5.74) is 0.894. The van der Waals surface area contributed by atoms with Gasteiger partial charge in [-0.2, -0.15) is 0 Å². The highest BCUT2D eigenvalue weighted by Crippen LogP contribution is 2.22. The Bertz CT molecular complexity index is 866. The number of ether oxygens (including phenoxy) is 1. The van der Waals surface area contributed by atoms with E-state index in [9.17, 15) is 17.6 Å². The van der Waals surface area contributed by atoms with Crippen molar-refractivity contribution in [1.29, 1.82) is 0 Å². The predicted molar refractivity (Wildman–Crippen MR) is 104 cm³/mol. The minimum Gasteiger partial charge on any atom is -0.491 e. The molecule has 1 N–H and O–H groups in total. The number of carbonyl (C=O) groups excluding carboxylic acids is 1. The number of halogens is 1. The number of nitrogens with one attached hydrogen (secondary N) is 1. The zero-order valence-electron chi connectivity index (χ0n) is 15.5. The zero-order valence-corrected chi connectivity index (χ0v) is 16.3. The van der Waals surface area contributed by atoms with E-state index in [0.717, 1.165) is 10.6 Å². The van der Waals surface area contributed by atoms with Crippen LogP contribution in [-0.4, -0.2) is 33.2 Å². The molecule has 0 aliphatic rings. The number of nitrogens with zero attached hydrogens (tertiary/aromatic N) is 1. The van der Waals surface area contributed by atoms with Gasteiger partial charge < -0.3 is 10.1 Å². The summed E-state index contributed by atoms with van der Waals surface area (Å²) in [7, 11) is -3.57. The van der Waals surface area contributed by atoms with Crippen LogP contribution in [0.15, 0.2) is 48.5 Å². The number of anilines is 2. The van der Waals surface area contributed by atoms with E-state index in [1.54, 1.807) is 24.3 Å². The van der Waals surface area contributed by atoms with Crippen LogP contribution < -0.4 is 14.4 Å². The minimum atomic E-state index is -3.57. The summed E-state index contributed by atoms with van der Waals surface area (Å²) in [6, 6.07) is 12.0. The number of hydrogen-bond donors (Lipinski definition) is 1. The largest absolute Gasteiger partial charge is 0.491 e. The Kier molecular flexibility index (Phi) is 6.79. The van der Waals surface area contributed by atoms with E-state index >= 15 is 0 Å². The van der Waals surface area contributed by atoms with Crippen molar-refractivity contribution in [2.45, 2.75) is 26.4 Å². The molecular formula is C19H23FN2O4S. The maximum atomic E-state index is 12.9. The fourth-order valence-electron chi connectivity index (χ4n) is 2.41. The maximum Gasteiger partial charge on any atom is 0.232 e. The first kappa shape index (κ1) is 20.7. The quantitative estimate of drug-likeness (QED) is 0.745. The average Bonchev–Trinajstić information content (AvgIpc) is 2.57. The van der Waals surface area contributed by atoms with Crippen LogP contribution in [-0.2, 0) is 14.8 Å². The lowest BCUT2D eigenvalue weighted by Crippen LogP contribution is -2.33. The standard InChI is InChI=1S/C19H23FN2O4S/c1-14(2)26-18-10-8-17(9-11-18)22(27(3,24)25)13-12-19(23)21-16-6-4-15(20)5-7-16/h4-11,14H,12-13H2,1-3H3,(H,21,23). The smallest absolute Gasteiger partial charge is 0.232 e. The van der Waals surface area contributed by atoms with Crippen molar-refractivity contribution in [3.05, 3.63) is 54.3 Å². The molecule has 0 spiro atoms. The SMILES string of the molecule is CC(C)Oc1ccc(N(CCC(=O)Nc2ccc(F)cc2)S(C)(=O)=O)cc1. The van der Waals surface area contributed by atoms with Crippen molar-refractivity contribution in [3.63, 3.8) is 0 Å². The van der Waals surface area contributed by atoms with Gasteiger partial charge in [0, 0.05) is 18.7 Å². The van der Waals surface area contributed by atoms with Gasteiger partial charge in [0.05, 0.1) is 18.0 Å². The van der Waals surface area contributed by atoms with E-state index in [0.29, 0.717) is 17.1 Å². The Morgan fingerprint density at radius 1 is 1.11 bits per heavy atom.